The van der Waals surface area contributed by atoms with Crippen molar-refractivity contribution >= 4 is 5.71 Å². The molecule has 0 bridgehead atoms. The maximum absolute atomic E-state index is 9.39. The highest BCUT2D eigenvalue weighted by Gasteiger charge is 2.34. The van der Waals surface area contributed by atoms with Gasteiger partial charge in [-0.2, -0.15) is 0 Å². The molecule has 0 aliphatic heterocycles. The summed E-state index contributed by atoms with van der Waals surface area (Å²) in [6.45, 7) is 4.15. The molecule has 2 rings (SSSR count). The molecule has 2 N–H and O–H groups in total. The van der Waals surface area contributed by atoms with Gasteiger partial charge in [0.2, 0.25) is 0 Å². The number of phenolic OH excluding ortho intramolecular Hbond substituents is 1. The van der Waals surface area contributed by atoms with Gasteiger partial charge in [0, 0.05) is 12.0 Å². The zero-order chi connectivity index (χ0) is 10.3. The molecular weight excluding hydrogens is 178 g/mol. The van der Waals surface area contributed by atoms with Crippen molar-refractivity contribution in [2.45, 2.75) is 25.7 Å². The Kier molecular flexibility index (Phi) is 1.77. The molecule has 1 aromatic rings. The van der Waals surface area contributed by atoms with Gasteiger partial charge in [-0.3, -0.25) is 0 Å². The van der Waals surface area contributed by atoms with Gasteiger partial charge in [0.1, 0.15) is 5.75 Å². The molecule has 0 saturated heterocycles. The second kappa shape index (κ2) is 2.74. The Balaban J connectivity index is 2.66. The van der Waals surface area contributed by atoms with Crippen LogP contribution in [-0.4, -0.2) is 16.0 Å². The molecule has 0 heterocycles. The molecule has 0 radical (unpaired) electrons. The van der Waals surface area contributed by atoms with Crippen molar-refractivity contribution in [2.24, 2.45) is 5.16 Å². The van der Waals surface area contributed by atoms with Crippen molar-refractivity contribution in [3.8, 4) is 5.75 Å². The number of oxime groups is 1. The van der Waals surface area contributed by atoms with Gasteiger partial charge in [-0.25, -0.2) is 0 Å². The van der Waals surface area contributed by atoms with Crippen LogP contribution < -0.4 is 0 Å². The predicted molar refractivity (Wildman–Crippen MR) is 54.1 cm³/mol. The molecule has 14 heavy (non-hydrogen) atoms. The van der Waals surface area contributed by atoms with E-state index >= 15 is 0 Å². The Hall–Kier alpha value is -1.51. The first kappa shape index (κ1) is 9.06. The molecule has 0 amide bonds. The number of fused-ring (bicyclic) bond motifs is 1. The van der Waals surface area contributed by atoms with Crippen molar-refractivity contribution in [3.05, 3.63) is 29.3 Å². The Morgan fingerprint density at radius 1 is 1.36 bits per heavy atom. The maximum atomic E-state index is 9.39. The van der Waals surface area contributed by atoms with Gasteiger partial charge in [0.25, 0.3) is 0 Å². The van der Waals surface area contributed by atoms with Crippen LogP contribution in [-0.2, 0) is 5.41 Å². The van der Waals surface area contributed by atoms with Crippen LogP contribution in [0, 0.1) is 0 Å². The number of rotatable bonds is 0. The third kappa shape index (κ3) is 1.16. The lowest BCUT2D eigenvalue weighted by molar-refractivity contribution is 0.317. The summed E-state index contributed by atoms with van der Waals surface area (Å²) < 4.78 is 0. The average Bonchev–Trinajstić information content (AvgIpc) is 2.38. The van der Waals surface area contributed by atoms with Crippen LogP contribution in [0.2, 0.25) is 0 Å². The summed E-state index contributed by atoms with van der Waals surface area (Å²) in [7, 11) is 0. The Morgan fingerprint density at radius 3 is 2.71 bits per heavy atom. The molecule has 1 aliphatic carbocycles. The number of nitrogens with zero attached hydrogens (tertiary/aromatic N) is 1. The van der Waals surface area contributed by atoms with Crippen molar-refractivity contribution in [2.75, 3.05) is 0 Å². The molecule has 1 aromatic carbocycles. The summed E-state index contributed by atoms with van der Waals surface area (Å²) in [5.74, 6) is 0.260. The highest BCUT2D eigenvalue weighted by molar-refractivity contribution is 6.05. The lowest BCUT2D eigenvalue weighted by atomic mass is 9.86. The van der Waals surface area contributed by atoms with E-state index in [2.05, 4.69) is 19.0 Å². The number of hydrogen-bond acceptors (Lipinski definition) is 3. The van der Waals surface area contributed by atoms with E-state index in [0.717, 1.165) is 11.1 Å². The largest absolute Gasteiger partial charge is 0.508 e. The van der Waals surface area contributed by atoms with Gasteiger partial charge in [0.05, 0.1) is 5.71 Å². The van der Waals surface area contributed by atoms with Crippen LogP contribution >= 0.6 is 0 Å². The summed E-state index contributed by atoms with van der Waals surface area (Å²) in [5, 5.41) is 21.5. The van der Waals surface area contributed by atoms with Gasteiger partial charge in [-0.1, -0.05) is 19.0 Å². The van der Waals surface area contributed by atoms with E-state index in [1.807, 2.05) is 0 Å². The summed E-state index contributed by atoms with van der Waals surface area (Å²) >= 11 is 0. The van der Waals surface area contributed by atoms with E-state index in [1.54, 1.807) is 18.2 Å². The summed E-state index contributed by atoms with van der Waals surface area (Å²) in [6.07, 6.45) is 0.711. The lowest BCUT2D eigenvalue weighted by Gasteiger charge is -2.17. The Labute approximate surface area is 82.7 Å². The fourth-order valence-corrected chi connectivity index (χ4v) is 2.04. The van der Waals surface area contributed by atoms with Crippen molar-refractivity contribution < 1.29 is 10.3 Å². The first-order valence-corrected chi connectivity index (χ1v) is 4.59. The average molecular weight is 191 g/mol. The zero-order valence-corrected chi connectivity index (χ0v) is 8.28. The van der Waals surface area contributed by atoms with Gasteiger partial charge < -0.3 is 10.3 Å². The van der Waals surface area contributed by atoms with Crippen LogP contribution in [0.4, 0.5) is 0 Å². The molecule has 0 spiro atoms. The molecular formula is C11H13NO2. The first-order chi connectivity index (χ1) is 6.54. The summed E-state index contributed by atoms with van der Waals surface area (Å²) in [4.78, 5) is 0. The minimum Gasteiger partial charge on any atom is -0.508 e. The fraction of sp³-hybridized carbons (Fsp3) is 0.364. The van der Waals surface area contributed by atoms with E-state index in [9.17, 15) is 5.11 Å². The number of benzene rings is 1. The predicted octanol–water partition coefficient (Wildman–Crippen LogP) is 2.25. The highest BCUT2D eigenvalue weighted by Crippen LogP contribution is 2.39. The smallest absolute Gasteiger partial charge is 0.115 e. The van der Waals surface area contributed by atoms with Gasteiger partial charge in [-0.05, 0) is 29.2 Å². The standard InChI is InChI=1S/C11H13NO2/c1-11(2)6-10(12-14)8-4-3-7(13)5-9(8)11/h3-5,13-14H,6H2,1-2H3/b12-10+. The second-order valence-electron chi connectivity index (χ2n) is 4.34. The van der Waals surface area contributed by atoms with E-state index in [0.29, 0.717) is 12.1 Å². The SMILES string of the molecule is CC1(C)C/C(=N\O)c2ccc(O)cc21. The third-order valence-electron chi connectivity index (χ3n) is 2.77. The van der Waals surface area contributed by atoms with Crippen LogP contribution in [0.15, 0.2) is 23.4 Å². The van der Waals surface area contributed by atoms with E-state index in [4.69, 9.17) is 5.21 Å². The van der Waals surface area contributed by atoms with Crippen LogP contribution in [0.5, 0.6) is 5.75 Å². The lowest BCUT2D eigenvalue weighted by Crippen LogP contribution is -2.12. The van der Waals surface area contributed by atoms with Crippen LogP contribution in [0.25, 0.3) is 0 Å². The Morgan fingerprint density at radius 2 is 2.07 bits per heavy atom. The van der Waals surface area contributed by atoms with Crippen molar-refractivity contribution in [1.82, 2.24) is 0 Å². The topological polar surface area (TPSA) is 52.8 Å². The fourth-order valence-electron chi connectivity index (χ4n) is 2.04. The third-order valence-corrected chi connectivity index (χ3v) is 2.77. The molecule has 0 unspecified atom stereocenters. The molecule has 3 nitrogen and oxygen atoms in total. The van der Waals surface area contributed by atoms with Gasteiger partial charge >= 0.3 is 0 Å². The number of hydrogen-bond donors (Lipinski definition) is 2. The van der Waals surface area contributed by atoms with E-state index in [-0.39, 0.29) is 11.2 Å². The summed E-state index contributed by atoms with van der Waals surface area (Å²) in [5.41, 5.74) is 2.63. The zero-order valence-electron chi connectivity index (χ0n) is 8.28. The minimum atomic E-state index is -0.0599. The second-order valence-corrected chi connectivity index (χ2v) is 4.34. The molecule has 0 saturated carbocycles. The van der Waals surface area contributed by atoms with Gasteiger partial charge in [-0.15, -0.1) is 0 Å². The van der Waals surface area contributed by atoms with Crippen molar-refractivity contribution in [1.29, 1.82) is 0 Å². The number of aromatic hydroxyl groups is 1. The molecule has 74 valence electrons. The molecule has 3 heteroatoms. The molecule has 0 aromatic heterocycles. The van der Waals surface area contributed by atoms with Crippen LogP contribution in [0.1, 0.15) is 31.4 Å². The normalized spacial score (nSPS) is 21.1. The summed E-state index contributed by atoms with van der Waals surface area (Å²) in [6, 6.07) is 5.16. The maximum Gasteiger partial charge on any atom is 0.115 e. The van der Waals surface area contributed by atoms with E-state index < -0.39 is 0 Å². The highest BCUT2D eigenvalue weighted by atomic mass is 16.4. The van der Waals surface area contributed by atoms with Gasteiger partial charge in [0.15, 0.2) is 0 Å². The van der Waals surface area contributed by atoms with Crippen LogP contribution in [0.3, 0.4) is 0 Å². The van der Waals surface area contributed by atoms with Crippen molar-refractivity contribution in [3.63, 3.8) is 0 Å². The Bertz CT molecular complexity index is 408. The number of phenols is 1. The molecule has 1 aliphatic rings. The first-order valence-electron chi connectivity index (χ1n) is 4.59. The molecule has 0 fully saturated rings. The minimum absolute atomic E-state index is 0.0599. The quantitative estimate of drug-likeness (QED) is 0.488. The monoisotopic (exact) mass is 191 g/mol. The molecule has 0 atom stereocenters. The van der Waals surface area contributed by atoms with E-state index in [1.165, 1.54) is 0 Å².